The van der Waals surface area contributed by atoms with Gasteiger partial charge < -0.3 is 14.5 Å². The molecule has 8 heteroatoms. The molecule has 146 valence electrons. The number of hydrogen-bond acceptors (Lipinski definition) is 6. The number of nitrogens with zero attached hydrogens (tertiary/aromatic N) is 2. The summed E-state index contributed by atoms with van der Waals surface area (Å²) >= 11 is 3.27. The normalized spacial score (nSPS) is 24.0. The van der Waals surface area contributed by atoms with Crippen molar-refractivity contribution < 1.29 is 19.1 Å². The van der Waals surface area contributed by atoms with Gasteiger partial charge in [0.15, 0.2) is 6.61 Å². The third-order valence-corrected chi connectivity index (χ3v) is 7.31. The molecular formula is C19H24N2O4S2. The van der Waals surface area contributed by atoms with Crippen LogP contribution < -0.4 is 0 Å². The van der Waals surface area contributed by atoms with E-state index in [1.54, 1.807) is 35.5 Å². The lowest BCUT2D eigenvalue weighted by molar-refractivity contribution is -0.158. The summed E-state index contributed by atoms with van der Waals surface area (Å²) in [6.45, 7) is 2.13. The summed E-state index contributed by atoms with van der Waals surface area (Å²) in [5.41, 5.74) is 1.01. The van der Waals surface area contributed by atoms with Crippen molar-refractivity contribution in [2.24, 2.45) is 0 Å². The van der Waals surface area contributed by atoms with Gasteiger partial charge in [-0.1, -0.05) is 12.1 Å². The number of ether oxygens (including phenoxy) is 1. The van der Waals surface area contributed by atoms with Crippen molar-refractivity contribution in [3.8, 4) is 0 Å². The zero-order valence-electron chi connectivity index (χ0n) is 15.8. The number of likely N-dealkylation sites (N-methyl/N-ethyl adjacent to an activating group) is 1. The fourth-order valence-electron chi connectivity index (χ4n) is 3.43. The van der Waals surface area contributed by atoms with E-state index in [0.717, 1.165) is 12.0 Å². The third-order valence-electron chi connectivity index (χ3n) is 5.06. The van der Waals surface area contributed by atoms with Crippen LogP contribution in [0.1, 0.15) is 25.3 Å². The van der Waals surface area contributed by atoms with Crippen molar-refractivity contribution >= 4 is 41.3 Å². The predicted octanol–water partition coefficient (Wildman–Crippen LogP) is 2.36. The zero-order chi connectivity index (χ0) is 19.6. The van der Waals surface area contributed by atoms with E-state index in [9.17, 15) is 14.4 Å². The molecule has 2 aliphatic heterocycles. The van der Waals surface area contributed by atoms with Crippen molar-refractivity contribution in [2.75, 3.05) is 25.7 Å². The molecule has 2 saturated heterocycles. The van der Waals surface area contributed by atoms with Gasteiger partial charge in [0.2, 0.25) is 5.91 Å². The van der Waals surface area contributed by atoms with Crippen LogP contribution in [-0.4, -0.2) is 64.2 Å². The number of carbonyl (C=O) groups excluding carboxylic acids is 3. The Bertz CT molecular complexity index is 740. The topological polar surface area (TPSA) is 66.9 Å². The first-order valence-electron chi connectivity index (χ1n) is 8.84. The van der Waals surface area contributed by atoms with Crippen LogP contribution in [0, 0.1) is 0 Å². The lowest BCUT2D eigenvalue weighted by Gasteiger charge is -2.29. The number of amides is 2. The van der Waals surface area contributed by atoms with Crippen LogP contribution in [0.4, 0.5) is 0 Å². The first-order valence-corrected chi connectivity index (χ1v) is 11.0. The summed E-state index contributed by atoms with van der Waals surface area (Å²) in [5, 5.41) is 0. The highest BCUT2D eigenvalue weighted by Crippen LogP contribution is 2.47. The van der Waals surface area contributed by atoms with Crippen LogP contribution >= 0.6 is 23.5 Å². The third kappa shape index (κ3) is 4.27. The second-order valence-electron chi connectivity index (χ2n) is 6.97. The van der Waals surface area contributed by atoms with Gasteiger partial charge in [0, 0.05) is 30.7 Å². The quantitative estimate of drug-likeness (QED) is 0.532. The Morgan fingerprint density at radius 3 is 2.74 bits per heavy atom. The fourth-order valence-corrected chi connectivity index (χ4v) is 5.25. The standard InChI is InChI=1S/C19H24N2O4S2/c1-19-9-8-16(22)21(19)15(12-27-19)18(24)25-11-17(23)20(2)10-13-4-6-14(26-3)7-5-13/h4-7,15H,8-12H2,1-3H3/t15-,19-/m1/s1. The van der Waals surface area contributed by atoms with Gasteiger partial charge in [-0.25, -0.2) is 4.79 Å². The highest BCUT2D eigenvalue weighted by atomic mass is 32.2. The van der Waals surface area contributed by atoms with Crippen molar-refractivity contribution in [3.63, 3.8) is 0 Å². The van der Waals surface area contributed by atoms with Crippen LogP contribution in [0.15, 0.2) is 29.2 Å². The number of esters is 1. The Balaban J connectivity index is 1.51. The van der Waals surface area contributed by atoms with E-state index >= 15 is 0 Å². The number of rotatable bonds is 6. The van der Waals surface area contributed by atoms with Gasteiger partial charge in [-0.15, -0.1) is 23.5 Å². The maximum Gasteiger partial charge on any atom is 0.330 e. The Hall–Kier alpha value is -1.67. The summed E-state index contributed by atoms with van der Waals surface area (Å²) in [4.78, 5) is 40.9. The number of fused-ring (bicyclic) bond motifs is 1. The Kier molecular flexibility index (Phi) is 6.05. The second kappa shape index (κ2) is 8.14. The van der Waals surface area contributed by atoms with Gasteiger partial charge in [-0.2, -0.15) is 0 Å². The molecule has 0 spiro atoms. The summed E-state index contributed by atoms with van der Waals surface area (Å²) in [6, 6.07) is 7.40. The van der Waals surface area contributed by atoms with Crippen molar-refractivity contribution in [2.45, 2.75) is 42.1 Å². The molecule has 0 radical (unpaired) electrons. The number of hydrogen-bond donors (Lipinski definition) is 0. The van der Waals surface area contributed by atoms with Gasteiger partial charge in [0.05, 0.1) is 4.87 Å². The van der Waals surface area contributed by atoms with Gasteiger partial charge >= 0.3 is 5.97 Å². The summed E-state index contributed by atoms with van der Waals surface area (Å²) < 4.78 is 5.24. The first-order chi connectivity index (χ1) is 12.8. The molecule has 2 amide bonds. The lowest BCUT2D eigenvalue weighted by atomic mass is 10.2. The maximum atomic E-state index is 12.4. The van der Waals surface area contributed by atoms with Crippen LogP contribution in [0.5, 0.6) is 0 Å². The smallest absolute Gasteiger partial charge is 0.330 e. The van der Waals surface area contributed by atoms with Crippen molar-refractivity contribution in [3.05, 3.63) is 29.8 Å². The Morgan fingerprint density at radius 1 is 1.37 bits per heavy atom. The van der Waals surface area contributed by atoms with Gasteiger partial charge in [-0.3, -0.25) is 9.59 Å². The van der Waals surface area contributed by atoms with Crippen molar-refractivity contribution in [1.82, 2.24) is 9.80 Å². The zero-order valence-corrected chi connectivity index (χ0v) is 17.4. The largest absolute Gasteiger partial charge is 0.454 e. The minimum absolute atomic E-state index is 0.0124. The average molecular weight is 409 g/mol. The second-order valence-corrected chi connectivity index (χ2v) is 9.35. The molecule has 0 aromatic heterocycles. The minimum atomic E-state index is -0.591. The number of carbonyl (C=O) groups is 3. The molecule has 0 N–H and O–H groups in total. The average Bonchev–Trinajstić information content (AvgIpc) is 3.16. The first kappa shape index (κ1) is 20.1. The van der Waals surface area contributed by atoms with E-state index < -0.39 is 12.0 Å². The van der Waals surface area contributed by atoms with E-state index in [4.69, 9.17) is 4.74 Å². The van der Waals surface area contributed by atoms with Crippen LogP contribution in [0.25, 0.3) is 0 Å². The number of benzene rings is 1. The van der Waals surface area contributed by atoms with Crippen LogP contribution in [0.2, 0.25) is 0 Å². The fraction of sp³-hybridized carbons (Fsp3) is 0.526. The highest BCUT2D eigenvalue weighted by Gasteiger charge is 2.53. The van der Waals surface area contributed by atoms with Crippen LogP contribution in [-0.2, 0) is 25.7 Å². The SMILES string of the molecule is CSc1ccc(CN(C)C(=O)COC(=O)[C@H]2CS[C@]3(C)CCC(=O)N23)cc1. The number of thioether (sulfide) groups is 2. The molecule has 2 aliphatic rings. The molecule has 2 heterocycles. The van der Waals surface area contributed by atoms with Crippen LogP contribution in [0.3, 0.4) is 0 Å². The molecule has 2 atom stereocenters. The molecular weight excluding hydrogens is 384 g/mol. The molecule has 1 aromatic rings. The lowest BCUT2D eigenvalue weighted by Crippen LogP contribution is -2.47. The van der Waals surface area contributed by atoms with Crippen molar-refractivity contribution in [1.29, 1.82) is 0 Å². The van der Waals surface area contributed by atoms with E-state index in [-0.39, 0.29) is 23.3 Å². The maximum absolute atomic E-state index is 12.4. The Morgan fingerprint density at radius 2 is 2.07 bits per heavy atom. The molecule has 0 aliphatic carbocycles. The summed E-state index contributed by atoms with van der Waals surface area (Å²) in [7, 11) is 1.69. The van der Waals surface area contributed by atoms with E-state index in [0.29, 0.717) is 18.7 Å². The predicted molar refractivity (Wildman–Crippen MR) is 106 cm³/mol. The summed E-state index contributed by atoms with van der Waals surface area (Å²) in [6.07, 6.45) is 3.22. The molecule has 27 heavy (non-hydrogen) atoms. The molecule has 2 fully saturated rings. The molecule has 1 aromatic carbocycles. The minimum Gasteiger partial charge on any atom is -0.454 e. The van der Waals surface area contributed by atoms with Gasteiger partial charge in [0.25, 0.3) is 5.91 Å². The van der Waals surface area contributed by atoms with Gasteiger partial charge in [-0.05, 0) is 37.3 Å². The summed E-state index contributed by atoms with van der Waals surface area (Å²) in [5.74, 6) is -0.250. The van der Waals surface area contributed by atoms with E-state index in [1.807, 2.05) is 37.4 Å². The van der Waals surface area contributed by atoms with Gasteiger partial charge in [0.1, 0.15) is 6.04 Å². The highest BCUT2D eigenvalue weighted by molar-refractivity contribution is 8.01. The Labute approximate surface area is 168 Å². The molecule has 6 nitrogen and oxygen atoms in total. The molecule has 0 bridgehead atoms. The molecule has 0 unspecified atom stereocenters. The van der Waals surface area contributed by atoms with E-state index in [1.165, 1.54) is 9.80 Å². The molecule has 0 saturated carbocycles. The molecule has 3 rings (SSSR count). The monoisotopic (exact) mass is 408 g/mol. The van der Waals surface area contributed by atoms with E-state index in [2.05, 4.69) is 0 Å².